The average Bonchev–Trinajstić information content (AvgIpc) is 2.72. The fraction of sp³-hybridized carbons (Fsp3) is 0.750. The lowest BCUT2D eigenvalue weighted by Gasteiger charge is -2.10. The van der Waals surface area contributed by atoms with Crippen LogP contribution in [-0.2, 0) is 13.0 Å². The van der Waals surface area contributed by atoms with Crippen molar-refractivity contribution in [2.75, 3.05) is 13.2 Å². The fourth-order valence-corrected chi connectivity index (χ4v) is 1.82. The first-order valence-corrected chi connectivity index (χ1v) is 6.20. The molecule has 5 heteroatoms. The van der Waals surface area contributed by atoms with Crippen LogP contribution in [0.4, 0.5) is 0 Å². The summed E-state index contributed by atoms with van der Waals surface area (Å²) in [6.45, 7) is 7.23. The van der Waals surface area contributed by atoms with Gasteiger partial charge in [0, 0.05) is 18.7 Å². The summed E-state index contributed by atoms with van der Waals surface area (Å²) in [5, 5.41) is 21.6. The highest BCUT2D eigenvalue weighted by molar-refractivity contribution is 5.08. The molecule has 0 aliphatic heterocycles. The van der Waals surface area contributed by atoms with Crippen molar-refractivity contribution in [2.45, 2.75) is 45.9 Å². The number of nitrogens with zero attached hydrogens (tertiary/aromatic N) is 2. The van der Waals surface area contributed by atoms with Gasteiger partial charge in [-0.25, -0.2) is 4.98 Å². The first-order valence-electron chi connectivity index (χ1n) is 6.20. The second-order valence-electron chi connectivity index (χ2n) is 4.20. The summed E-state index contributed by atoms with van der Waals surface area (Å²) in [5.74, 6) is 0.942. The molecular formula is C12H23N3O2. The maximum atomic E-state index is 9.47. The van der Waals surface area contributed by atoms with Gasteiger partial charge in [-0.15, -0.1) is 0 Å². The Morgan fingerprint density at radius 1 is 1.47 bits per heavy atom. The molecule has 0 saturated heterocycles. The second kappa shape index (κ2) is 6.74. The van der Waals surface area contributed by atoms with Gasteiger partial charge in [0.2, 0.25) is 0 Å². The predicted octanol–water partition coefficient (Wildman–Crippen LogP) is 0.469. The van der Waals surface area contributed by atoms with Crippen molar-refractivity contribution in [2.24, 2.45) is 0 Å². The van der Waals surface area contributed by atoms with Crippen molar-refractivity contribution < 1.29 is 10.2 Å². The van der Waals surface area contributed by atoms with Crippen LogP contribution in [0, 0.1) is 0 Å². The van der Waals surface area contributed by atoms with Crippen LogP contribution in [0.3, 0.4) is 0 Å². The Morgan fingerprint density at radius 2 is 2.18 bits per heavy atom. The number of aryl methyl sites for hydroxylation is 1. The van der Waals surface area contributed by atoms with E-state index < -0.39 is 6.10 Å². The van der Waals surface area contributed by atoms with Crippen molar-refractivity contribution in [1.29, 1.82) is 0 Å². The molecule has 1 heterocycles. The quantitative estimate of drug-likeness (QED) is 0.649. The smallest absolute Gasteiger partial charge is 0.108 e. The van der Waals surface area contributed by atoms with E-state index in [4.69, 9.17) is 5.11 Å². The van der Waals surface area contributed by atoms with Gasteiger partial charge in [0.25, 0.3) is 0 Å². The Labute approximate surface area is 102 Å². The minimum Gasteiger partial charge on any atom is -0.394 e. The van der Waals surface area contributed by atoms with Crippen molar-refractivity contribution >= 4 is 0 Å². The van der Waals surface area contributed by atoms with Gasteiger partial charge in [0.05, 0.1) is 24.9 Å². The van der Waals surface area contributed by atoms with Crippen molar-refractivity contribution in [1.82, 2.24) is 14.9 Å². The lowest BCUT2D eigenvalue weighted by molar-refractivity contribution is 0.0805. The van der Waals surface area contributed by atoms with E-state index in [9.17, 15) is 5.11 Å². The molecule has 98 valence electrons. The van der Waals surface area contributed by atoms with Gasteiger partial charge in [-0.05, 0) is 13.5 Å². The van der Waals surface area contributed by atoms with Crippen LogP contribution in [0.2, 0.25) is 0 Å². The Bertz CT molecular complexity index is 338. The molecule has 0 fully saturated rings. The molecule has 0 radical (unpaired) electrons. The van der Waals surface area contributed by atoms with Crippen LogP contribution < -0.4 is 5.32 Å². The van der Waals surface area contributed by atoms with Gasteiger partial charge in [-0.1, -0.05) is 13.8 Å². The van der Waals surface area contributed by atoms with Gasteiger partial charge >= 0.3 is 0 Å². The van der Waals surface area contributed by atoms with Crippen LogP contribution in [0.15, 0.2) is 6.20 Å². The first-order chi connectivity index (χ1) is 8.12. The number of aromatic nitrogens is 2. The summed E-state index contributed by atoms with van der Waals surface area (Å²) in [4.78, 5) is 4.54. The van der Waals surface area contributed by atoms with E-state index >= 15 is 0 Å². The molecule has 0 aliphatic carbocycles. The number of aliphatic hydroxyl groups excluding tert-OH is 2. The molecule has 1 rings (SSSR count). The third-order valence-corrected chi connectivity index (χ3v) is 2.77. The molecule has 1 aromatic rings. The second-order valence-corrected chi connectivity index (χ2v) is 4.20. The van der Waals surface area contributed by atoms with E-state index in [1.54, 1.807) is 0 Å². The highest BCUT2D eigenvalue weighted by Gasteiger charge is 2.13. The normalized spacial score (nSPS) is 14.9. The van der Waals surface area contributed by atoms with Gasteiger partial charge in [-0.2, -0.15) is 0 Å². The standard InChI is InChI=1S/C12H23N3O2/c1-4-12-14-11(9(3)13-5-2)7-15(12)6-10(17)8-16/h7,9-10,13,16-17H,4-6,8H2,1-3H3. The van der Waals surface area contributed by atoms with Crippen LogP contribution in [0.25, 0.3) is 0 Å². The van der Waals surface area contributed by atoms with Crippen LogP contribution in [0.5, 0.6) is 0 Å². The van der Waals surface area contributed by atoms with Crippen molar-refractivity contribution in [3.63, 3.8) is 0 Å². The molecule has 17 heavy (non-hydrogen) atoms. The average molecular weight is 241 g/mol. The number of aliphatic hydroxyl groups is 2. The zero-order valence-corrected chi connectivity index (χ0v) is 10.8. The highest BCUT2D eigenvalue weighted by atomic mass is 16.3. The predicted molar refractivity (Wildman–Crippen MR) is 66.8 cm³/mol. The van der Waals surface area contributed by atoms with E-state index in [1.807, 2.05) is 17.7 Å². The number of hydrogen-bond donors (Lipinski definition) is 3. The zero-order chi connectivity index (χ0) is 12.8. The number of imidazole rings is 1. The topological polar surface area (TPSA) is 70.3 Å². The minimum absolute atomic E-state index is 0.206. The third-order valence-electron chi connectivity index (χ3n) is 2.77. The van der Waals surface area contributed by atoms with E-state index in [2.05, 4.69) is 24.1 Å². The zero-order valence-electron chi connectivity index (χ0n) is 10.8. The Hall–Kier alpha value is -0.910. The van der Waals surface area contributed by atoms with E-state index in [0.717, 1.165) is 24.5 Å². The summed E-state index contributed by atoms with van der Waals surface area (Å²) in [6.07, 6.45) is 2.04. The first kappa shape index (κ1) is 14.2. The van der Waals surface area contributed by atoms with Gasteiger partial charge in [0.1, 0.15) is 5.82 Å². The van der Waals surface area contributed by atoms with Crippen LogP contribution >= 0.6 is 0 Å². The maximum absolute atomic E-state index is 9.47. The monoisotopic (exact) mass is 241 g/mol. The molecule has 2 atom stereocenters. The summed E-state index contributed by atoms with van der Waals surface area (Å²) in [7, 11) is 0. The van der Waals surface area contributed by atoms with E-state index in [-0.39, 0.29) is 12.6 Å². The Morgan fingerprint density at radius 3 is 2.71 bits per heavy atom. The summed E-state index contributed by atoms with van der Waals surface area (Å²) < 4.78 is 1.92. The molecule has 1 aromatic heterocycles. The molecule has 2 unspecified atom stereocenters. The SMILES string of the molecule is CCNC(C)c1cn(CC(O)CO)c(CC)n1. The molecule has 0 bridgehead atoms. The summed E-state index contributed by atoms with van der Waals surface area (Å²) in [6, 6.07) is 0.206. The molecule has 0 amide bonds. The lowest BCUT2D eigenvalue weighted by atomic mass is 10.2. The van der Waals surface area contributed by atoms with Crippen molar-refractivity contribution in [3.05, 3.63) is 17.7 Å². The molecular weight excluding hydrogens is 218 g/mol. The minimum atomic E-state index is -0.725. The molecule has 3 N–H and O–H groups in total. The van der Waals surface area contributed by atoms with E-state index in [0.29, 0.717) is 6.54 Å². The number of rotatable bonds is 7. The number of nitrogens with one attached hydrogen (secondary N) is 1. The molecule has 0 aromatic carbocycles. The van der Waals surface area contributed by atoms with Crippen molar-refractivity contribution in [3.8, 4) is 0 Å². The third kappa shape index (κ3) is 3.80. The molecule has 0 spiro atoms. The van der Waals surface area contributed by atoms with Gasteiger partial charge in [-0.3, -0.25) is 0 Å². The Balaban J connectivity index is 2.82. The number of hydrogen-bond acceptors (Lipinski definition) is 4. The fourth-order valence-electron chi connectivity index (χ4n) is 1.82. The summed E-state index contributed by atoms with van der Waals surface area (Å²) >= 11 is 0. The lowest BCUT2D eigenvalue weighted by Crippen LogP contribution is -2.20. The molecule has 5 nitrogen and oxygen atoms in total. The van der Waals surface area contributed by atoms with E-state index in [1.165, 1.54) is 0 Å². The largest absolute Gasteiger partial charge is 0.394 e. The van der Waals surface area contributed by atoms with Gasteiger partial charge in [0.15, 0.2) is 0 Å². The molecule has 0 saturated carbocycles. The maximum Gasteiger partial charge on any atom is 0.108 e. The van der Waals surface area contributed by atoms with Gasteiger partial charge < -0.3 is 20.1 Å². The highest BCUT2D eigenvalue weighted by Crippen LogP contribution is 2.13. The Kier molecular flexibility index (Phi) is 5.61. The molecule has 0 aliphatic rings. The summed E-state index contributed by atoms with van der Waals surface area (Å²) in [5.41, 5.74) is 0.980. The van der Waals surface area contributed by atoms with Crippen LogP contribution in [0.1, 0.15) is 38.3 Å². The van der Waals surface area contributed by atoms with Crippen LogP contribution in [-0.4, -0.2) is 39.0 Å².